The van der Waals surface area contributed by atoms with E-state index in [2.05, 4.69) is 46.9 Å². The third-order valence-electron chi connectivity index (χ3n) is 4.77. The van der Waals surface area contributed by atoms with Gasteiger partial charge in [-0.05, 0) is 54.6 Å². The number of aromatic hydroxyl groups is 1. The molecule has 0 atom stereocenters. The van der Waals surface area contributed by atoms with Crippen molar-refractivity contribution in [3.63, 3.8) is 0 Å². The predicted molar refractivity (Wildman–Crippen MR) is 116 cm³/mol. The van der Waals surface area contributed by atoms with E-state index < -0.39 is 0 Å². The van der Waals surface area contributed by atoms with Gasteiger partial charge in [-0.15, -0.1) is 0 Å². The van der Waals surface area contributed by atoms with Crippen molar-refractivity contribution in [2.24, 2.45) is 0 Å². The molecule has 27 heavy (non-hydrogen) atoms. The van der Waals surface area contributed by atoms with Crippen molar-refractivity contribution in [3.8, 4) is 5.75 Å². The van der Waals surface area contributed by atoms with Gasteiger partial charge in [0.15, 0.2) is 0 Å². The Kier molecular flexibility index (Phi) is 6.69. The van der Waals surface area contributed by atoms with E-state index in [0.717, 1.165) is 41.1 Å². The number of phenolic OH excluding ortho intramolecular Hbond substituents is 1. The normalized spacial score (nSPS) is 17.2. The summed E-state index contributed by atoms with van der Waals surface area (Å²) in [6.07, 6.45) is 2.94. The summed E-state index contributed by atoms with van der Waals surface area (Å²) in [5, 5.41) is 14.0. The minimum atomic E-state index is -0.176. The molecule has 0 saturated carbocycles. The number of phenols is 1. The lowest BCUT2D eigenvalue weighted by Gasteiger charge is -2.28. The Morgan fingerprint density at radius 2 is 1.70 bits per heavy atom. The van der Waals surface area contributed by atoms with Gasteiger partial charge in [0.2, 0.25) is 0 Å². The molecule has 1 amide bonds. The molecule has 1 aliphatic rings. The molecule has 0 radical (unpaired) electrons. The quantitative estimate of drug-likeness (QED) is 0.575. The first-order valence-electron chi connectivity index (χ1n) is 9.61. The molecule has 4 nitrogen and oxygen atoms in total. The van der Waals surface area contributed by atoms with Crippen LogP contribution in [-0.2, 0) is 15.6 Å². The van der Waals surface area contributed by atoms with Crippen LogP contribution in [0.1, 0.15) is 64.7 Å². The Morgan fingerprint density at radius 3 is 2.19 bits per heavy atom. The average molecular weight is 391 g/mol. The Balaban J connectivity index is 2.39. The van der Waals surface area contributed by atoms with Crippen LogP contribution in [0.3, 0.4) is 0 Å². The lowest BCUT2D eigenvalue weighted by Crippen LogP contribution is -2.28. The zero-order valence-corrected chi connectivity index (χ0v) is 18.6. The van der Waals surface area contributed by atoms with Crippen LogP contribution >= 0.6 is 11.8 Å². The van der Waals surface area contributed by atoms with Crippen molar-refractivity contribution in [1.82, 2.24) is 10.2 Å². The second-order valence-electron chi connectivity index (χ2n) is 9.27. The largest absolute Gasteiger partial charge is 0.507 e. The van der Waals surface area contributed by atoms with Crippen LogP contribution < -0.4 is 5.32 Å². The number of carbonyl (C=O) groups excluding carboxylic acids is 1. The number of nitrogens with one attached hydrogen (secondary N) is 1. The molecule has 0 bridgehead atoms. The Bertz CT molecular complexity index is 692. The third kappa shape index (κ3) is 5.29. The van der Waals surface area contributed by atoms with E-state index in [-0.39, 0.29) is 16.7 Å². The van der Waals surface area contributed by atoms with E-state index in [0.29, 0.717) is 11.6 Å². The second kappa shape index (κ2) is 8.27. The Labute approximate surface area is 168 Å². The molecule has 2 N–H and O–H groups in total. The van der Waals surface area contributed by atoms with Gasteiger partial charge in [-0.2, -0.15) is 0 Å². The number of benzene rings is 1. The molecule has 0 spiro atoms. The van der Waals surface area contributed by atoms with Gasteiger partial charge in [0.25, 0.3) is 5.91 Å². The van der Waals surface area contributed by atoms with Crippen LogP contribution in [-0.4, -0.2) is 41.9 Å². The molecule has 2 rings (SSSR count). The summed E-state index contributed by atoms with van der Waals surface area (Å²) in [6.45, 7) is 14.3. The Morgan fingerprint density at radius 1 is 1.15 bits per heavy atom. The topological polar surface area (TPSA) is 52.6 Å². The smallest absolute Gasteiger partial charge is 0.261 e. The van der Waals surface area contributed by atoms with Crippen LogP contribution in [0.15, 0.2) is 17.0 Å². The van der Waals surface area contributed by atoms with E-state index in [9.17, 15) is 9.90 Å². The van der Waals surface area contributed by atoms with Gasteiger partial charge >= 0.3 is 0 Å². The lowest BCUT2D eigenvalue weighted by molar-refractivity contribution is -0.124. The molecule has 1 heterocycles. The van der Waals surface area contributed by atoms with Gasteiger partial charge < -0.3 is 15.3 Å². The number of hydrogen-bond acceptors (Lipinski definition) is 4. The Hall–Kier alpha value is -1.46. The van der Waals surface area contributed by atoms with Gasteiger partial charge in [0.1, 0.15) is 5.75 Å². The fourth-order valence-corrected chi connectivity index (χ4v) is 4.19. The number of amides is 1. The van der Waals surface area contributed by atoms with Crippen molar-refractivity contribution in [1.29, 1.82) is 0 Å². The predicted octanol–water partition coefficient (Wildman–Crippen LogP) is 4.47. The van der Waals surface area contributed by atoms with Gasteiger partial charge in [-0.3, -0.25) is 4.79 Å². The average Bonchev–Trinajstić information content (AvgIpc) is 2.87. The summed E-state index contributed by atoms with van der Waals surface area (Å²) in [6, 6.07) is 4.05. The molecular weight excluding hydrogens is 356 g/mol. The summed E-state index contributed by atoms with van der Waals surface area (Å²) in [5.74, 6) is 1.19. The minimum absolute atomic E-state index is 0.110. The van der Waals surface area contributed by atoms with Crippen molar-refractivity contribution in [3.05, 3.63) is 33.7 Å². The lowest BCUT2D eigenvalue weighted by atomic mass is 9.78. The number of nitrogens with zero attached hydrogens (tertiary/aromatic N) is 1. The van der Waals surface area contributed by atoms with E-state index >= 15 is 0 Å². The monoisotopic (exact) mass is 390 g/mol. The maximum absolute atomic E-state index is 12.7. The van der Waals surface area contributed by atoms with E-state index in [4.69, 9.17) is 0 Å². The standard InChI is InChI=1S/C22H34N2O2S/c1-21(2,3)16-11-15(12-17(19(16)25)22(4,5)6)13-18-20(26)24(14-27-18)10-8-9-23-7/h11-13,23,25H,8-10,14H2,1-7H3/b18-13-. The summed E-state index contributed by atoms with van der Waals surface area (Å²) >= 11 is 1.60. The van der Waals surface area contributed by atoms with Gasteiger partial charge in [0, 0.05) is 17.7 Å². The SMILES string of the molecule is CNCCCN1CS/C(=C\c2cc(C(C)(C)C)c(O)c(C(C)(C)C)c2)C1=O. The molecule has 0 aromatic heterocycles. The van der Waals surface area contributed by atoms with Gasteiger partial charge in [-0.1, -0.05) is 53.3 Å². The van der Waals surface area contributed by atoms with Crippen LogP contribution in [0.4, 0.5) is 0 Å². The summed E-state index contributed by atoms with van der Waals surface area (Å²) < 4.78 is 0. The fraction of sp³-hybridized carbons (Fsp3) is 0.591. The number of carbonyl (C=O) groups is 1. The molecule has 1 aromatic carbocycles. The first-order chi connectivity index (χ1) is 12.4. The number of thioether (sulfide) groups is 1. The van der Waals surface area contributed by atoms with Crippen molar-refractivity contribution < 1.29 is 9.90 Å². The van der Waals surface area contributed by atoms with E-state index in [1.807, 2.05) is 30.2 Å². The zero-order chi connectivity index (χ0) is 20.4. The summed E-state index contributed by atoms with van der Waals surface area (Å²) in [7, 11) is 1.93. The maximum atomic E-state index is 12.7. The zero-order valence-electron chi connectivity index (χ0n) is 17.8. The van der Waals surface area contributed by atoms with Crippen molar-refractivity contribution in [2.75, 3.05) is 26.0 Å². The fourth-order valence-electron chi connectivity index (χ4n) is 3.17. The van der Waals surface area contributed by atoms with Crippen LogP contribution in [0, 0.1) is 0 Å². The highest BCUT2D eigenvalue weighted by Crippen LogP contribution is 2.41. The summed E-state index contributed by atoms with van der Waals surface area (Å²) in [4.78, 5) is 15.4. The molecule has 5 heteroatoms. The van der Waals surface area contributed by atoms with Gasteiger partial charge in [-0.25, -0.2) is 0 Å². The highest BCUT2D eigenvalue weighted by atomic mass is 32.2. The molecule has 0 aliphatic carbocycles. The molecule has 1 aliphatic heterocycles. The molecule has 150 valence electrons. The van der Waals surface area contributed by atoms with Crippen molar-refractivity contribution >= 4 is 23.7 Å². The second-order valence-corrected chi connectivity index (χ2v) is 10.3. The molecular formula is C22H34N2O2S. The van der Waals surface area contributed by atoms with Crippen molar-refractivity contribution in [2.45, 2.75) is 58.8 Å². The van der Waals surface area contributed by atoms with E-state index in [1.165, 1.54) is 0 Å². The molecule has 1 aromatic rings. The minimum Gasteiger partial charge on any atom is -0.507 e. The van der Waals surface area contributed by atoms with Crippen LogP contribution in [0.25, 0.3) is 6.08 Å². The van der Waals surface area contributed by atoms with Gasteiger partial charge in [0.05, 0.1) is 10.8 Å². The maximum Gasteiger partial charge on any atom is 0.261 e. The third-order valence-corrected chi connectivity index (χ3v) is 5.82. The summed E-state index contributed by atoms with van der Waals surface area (Å²) in [5.41, 5.74) is 2.47. The van der Waals surface area contributed by atoms with E-state index in [1.54, 1.807) is 11.8 Å². The highest BCUT2D eigenvalue weighted by Gasteiger charge is 2.28. The first-order valence-corrected chi connectivity index (χ1v) is 10.6. The molecule has 0 unspecified atom stereocenters. The number of hydrogen-bond donors (Lipinski definition) is 2. The van der Waals surface area contributed by atoms with Crippen LogP contribution in [0.5, 0.6) is 5.75 Å². The molecule has 1 saturated heterocycles. The highest BCUT2D eigenvalue weighted by molar-refractivity contribution is 8.04. The first kappa shape index (κ1) is 21.8. The number of rotatable bonds is 5. The molecule has 1 fully saturated rings. The van der Waals surface area contributed by atoms with Crippen LogP contribution in [0.2, 0.25) is 0 Å².